The zero-order chi connectivity index (χ0) is 20.0. The molecule has 6 nitrogen and oxygen atoms in total. The number of aromatic nitrogens is 1. The van der Waals surface area contributed by atoms with Crippen LogP contribution in [0.4, 0.5) is 0 Å². The lowest BCUT2D eigenvalue weighted by atomic mass is 10.1. The topological polar surface area (TPSA) is 80.9 Å². The molecule has 0 saturated heterocycles. The van der Waals surface area contributed by atoms with Gasteiger partial charge in [-0.1, -0.05) is 25.8 Å². The maximum Gasteiger partial charge on any atom is 0.366 e. The van der Waals surface area contributed by atoms with Crippen LogP contribution in [-0.2, 0) is 7.05 Å². The lowest BCUT2D eigenvalue weighted by molar-refractivity contribution is 0.371. The Morgan fingerprint density at radius 2 is 1.89 bits per heavy atom. The van der Waals surface area contributed by atoms with Crippen LogP contribution in [0.3, 0.4) is 0 Å². The summed E-state index contributed by atoms with van der Waals surface area (Å²) in [5.74, 6) is 6.61. The maximum absolute atomic E-state index is 12.1. The van der Waals surface area contributed by atoms with Crippen LogP contribution in [0.5, 0.6) is 11.5 Å². The van der Waals surface area contributed by atoms with Gasteiger partial charge in [-0.05, 0) is 29.4 Å². The van der Waals surface area contributed by atoms with Crippen molar-refractivity contribution in [1.82, 2.24) is 4.57 Å². The Balaban J connectivity index is 2.60. The molecule has 0 aliphatic carbocycles. The SMILES string of the molecule is CCC#CCOc1ccc([Si](O)(O)CC)cc1-c1cc(OC)c(=O)n(C)c1. The number of benzene rings is 1. The molecular formula is C20H25NO5Si. The summed E-state index contributed by atoms with van der Waals surface area (Å²) < 4.78 is 12.4. The number of methoxy groups -OCH3 is 1. The van der Waals surface area contributed by atoms with Gasteiger partial charge in [0.25, 0.3) is 5.56 Å². The van der Waals surface area contributed by atoms with Gasteiger partial charge in [-0.15, -0.1) is 5.92 Å². The molecule has 0 bridgehead atoms. The van der Waals surface area contributed by atoms with Crippen molar-refractivity contribution in [2.24, 2.45) is 7.05 Å². The first kappa shape index (κ1) is 20.8. The smallest absolute Gasteiger partial charge is 0.366 e. The van der Waals surface area contributed by atoms with Gasteiger partial charge in [0.1, 0.15) is 12.4 Å². The summed E-state index contributed by atoms with van der Waals surface area (Å²) >= 11 is 0. The highest BCUT2D eigenvalue weighted by atomic mass is 28.4. The van der Waals surface area contributed by atoms with Crippen molar-refractivity contribution in [3.8, 4) is 34.5 Å². The molecule has 0 atom stereocenters. The summed E-state index contributed by atoms with van der Waals surface area (Å²) in [5.41, 5.74) is 1.07. The van der Waals surface area contributed by atoms with Crippen molar-refractivity contribution < 1.29 is 19.1 Å². The van der Waals surface area contributed by atoms with E-state index in [0.29, 0.717) is 22.1 Å². The van der Waals surface area contributed by atoms with Crippen molar-refractivity contribution in [2.75, 3.05) is 13.7 Å². The summed E-state index contributed by atoms with van der Waals surface area (Å²) in [4.78, 5) is 32.8. The van der Waals surface area contributed by atoms with Crippen molar-refractivity contribution >= 4 is 13.7 Å². The molecule has 1 heterocycles. The van der Waals surface area contributed by atoms with Gasteiger partial charge in [-0.3, -0.25) is 4.79 Å². The summed E-state index contributed by atoms with van der Waals surface area (Å²) in [6.07, 6.45) is 2.41. The molecule has 0 amide bonds. The first-order valence-corrected chi connectivity index (χ1v) is 10.9. The zero-order valence-corrected chi connectivity index (χ0v) is 17.1. The van der Waals surface area contributed by atoms with Crippen molar-refractivity contribution in [3.05, 3.63) is 40.8 Å². The third-order valence-electron chi connectivity index (χ3n) is 4.22. The Labute approximate surface area is 160 Å². The molecule has 1 aromatic heterocycles. The monoisotopic (exact) mass is 387 g/mol. The van der Waals surface area contributed by atoms with E-state index in [-0.39, 0.29) is 24.0 Å². The number of rotatable bonds is 6. The summed E-state index contributed by atoms with van der Waals surface area (Å²) in [6, 6.07) is 6.97. The molecule has 0 radical (unpaired) electrons. The number of nitrogens with zero attached hydrogens (tertiary/aromatic N) is 1. The largest absolute Gasteiger partial charge is 0.491 e. The Hall–Kier alpha value is -2.53. The Morgan fingerprint density at radius 3 is 2.52 bits per heavy atom. The average molecular weight is 388 g/mol. The molecule has 7 heteroatoms. The number of ether oxygens (including phenoxy) is 2. The zero-order valence-electron chi connectivity index (χ0n) is 16.1. The molecule has 27 heavy (non-hydrogen) atoms. The van der Waals surface area contributed by atoms with Crippen molar-refractivity contribution in [1.29, 1.82) is 0 Å². The van der Waals surface area contributed by atoms with Gasteiger partial charge in [0, 0.05) is 30.8 Å². The van der Waals surface area contributed by atoms with Crippen LogP contribution in [0.15, 0.2) is 35.3 Å². The fourth-order valence-electron chi connectivity index (χ4n) is 2.60. The molecule has 0 fully saturated rings. The normalized spacial score (nSPS) is 10.9. The molecule has 0 aliphatic rings. The number of hydrogen-bond donors (Lipinski definition) is 2. The lowest BCUT2D eigenvalue weighted by Gasteiger charge is -2.19. The van der Waals surface area contributed by atoms with E-state index < -0.39 is 8.56 Å². The van der Waals surface area contributed by atoms with E-state index in [0.717, 1.165) is 6.42 Å². The van der Waals surface area contributed by atoms with E-state index in [2.05, 4.69) is 11.8 Å². The number of pyridine rings is 1. The standard InChI is InChI=1S/C20H25NO5Si/c1-5-7-8-11-26-18-10-9-16(27(23,24)6-2)13-17(18)15-12-19(25-4)20(22)21(3)14-15/h9-10,12-14,23-24H,5-6,11H2,1-4H3. The van der Waals surface area contributed by atoms with Gasteiger partial charge >= 0.3 is 8.56 Å². The first-order valence-electron chi connectivity index (χ1n) is 8.76. The lowest BCUT2D eigenvalue weighted by Crippen LogP contribution is -2.47. The molecule has 0 aliphatic heterocycles. The van der Waals surface area contributed by atoms with E-state index >= 15 is 0 Å². The summed E-state index contributed by atoms with van der Waals surface area (Å²) in [5, 5.41) is 0.472. The minimum atomic E-state index is -3.51. The van der Waals surface area contributed by atoms with Crippen LogP contribution in [-0.4, -0.2) is 36.4 Å². The van der Waals surface area contributed by atoms with Crippen molar-refractivity contribution in [3.63, 3.8) is 0 Å². The highest BCUT2D eigenvalue weighted by Crippen LogP contribution is 2.30. The van der Waals surface area contributed by atoms with E-state index in [1.165, 1.54) is 11.7 Å². The van der Waals surface area contributed by atoms with Crippen LogP contribution in [0.25, 0.3) is 11.1 Å². The number of hydrogen-bond acceptors (Lipinski definition) is 5. The van der Waals surface area contributed by atoms with Gasteiger partial charge in [-0.25, -0.2) is 0 Å². The highest BCUT2D eigenvalue weighted by Gasteiger charge is 2.30. The second kappa shape index (κ2) is 8.91. The van der Waals surface area contributed by atoms with Gasteiger partial charge in [0.2, 0.25) is 0 Å². The van der Waals surface area contributed by atoms with E-state index in [1.807, 2.05) is 6.92 Å². The van der Waals surface area contributed by atoms with E-state index in [1.54, 1.807) is 44.4 Å². The summed E-state index contributed by atoms with van der Waals surface area (Å²) in [6.45, 7) is 3.92. The minimum absolute atomic E-state index is 0.198. The molecular weight excluding hydrogens is 362 g/mol. The predicted octanol–water partition coefficient (Wildman–Crippen LogP) is 1.51. The van der Waals surface area contributed by atoms with Crippen LogP contribution < -0.4 is 20.2 Å². The highest BCUT2D eigenvalue weighted by molar-refractivity contribution is 6.78. The first-order chi connectivity index (χ1) is 12.8. The molecule has 2 aromatic rings. The molecule has 0 unspecified atom stereocenters. The summed E-state index contributed by atoms with van der Waals surface area (Å²) in [7, 11) is -0.445. The maximum atomic E-state index is 12.1. The second-order valence-corrected chi connectivity index (χ2v) is 9.01. The van der Waals surface area contributed by atoms with Gasteiger partial charge in [0.05, 0.1) is 7.11 Å². The molecule has 0 spiro atoms. The van der Waals surface area contributed by atoms with Crippen LogP contribution in [0.2, 0.25) is 6.04 Å². The van der Waals surface area contributed by atoms with Gasteiger partial charge in [0.15, 0.2) is 5.75 Å². The Morgan fingerprint density at radius 1 is 1.15 bits per heavy atom. The number of aryl methyl sites for hydroxylation is 1. The van der Waals surface area contributed by atoms with Crippen molar-refractivity contribution in [2.45, 2.75) is 26.3 Å². The molecule has 2 rings (SSSR count). The fourth-order valence-corrected chi connectivity index (χ4v) is 3.73. The predicted molar refractivity (Wildman–Crippen MR) is 108 cm³/mol. The fraction of sp³-hybridized carbons (Fsp3) is 0.350. The van der Waals surface area contributed by atoms with Gasteiger partial charge in [-0.2, -0.15) is 0 Å². The Kier molecular flexibility index (Phi) is 6.85. The van der Waals surface area contributed by atoms with E-state index in [9.17, 15) is 14.4 Å². The average Bonchev–Trinajstić information content (AvgIpc) is 2.67. The minimum Gasteiger partial charge on any atom is -0.491 e. The molecule has 144 valence electrons. The van der Waals surface area contributed by atoms with Crippen LogP contribution in [0, 0.1) is 11.8 Å². The quantitative estimate of drug-likeness (QED) is 0.580. The van der Waals surface area contributed by atoms with Crippen LogP contribution >= 0.6 is 0 Å². The third-order valence-corrected chi connectivity index (χ3v) is 6.44. The molecule has 1 aromatic carbocycles. The second-order valence-electron chi connectivity index (χ2n) is 6.09. The van der Waals surface area contributed by atoms with Gasteiger partial charge < -0.3 is 23.6 Å². The Bertz CT molecular complexity index is 924. The van der Waals surface area contributed by atoms with E-state index in [4.69, 9.17) is 9.47 Å². The molecule has 0 saturated carbocycles. The molecule has 2 N–H and O–H groups in total. The van der Waals surface area contributed by atoms with Crippen LogP contribution in [0.1, 0.15) is 20.3 Å². The third kappa shape index (κ3) is 4.80.